The second-order valence-electron chi connectivity index (χ2n) is 6.01. The second kappa shape index (κ2) is 6.02. The molecule has 1 aliphatic heterocycles. The zero-order valence-corrected chi connectivity index (χ0v) is 12.1. The molecule has 3 rings (SSSR count). The maximum absolute atomic E-state index is 9.84. The van der Waals surface area contributed by atoms with Crippen molar-refractivity contribution in [1.82, 2.24) is 10.2 Å². The highest BCUT2D eigenvalue weighted by Gasteiger charge is 2.33. The first-order valence-electron chi connectivity index (χ1n) is 7.57. The Morgan fingerprint density at radius 3 is 2.95 bits per heavy atom. The molecule has 4 heteroatoms. The minimum Gasteiger partial charge on any atom is -0.508 e. The Hall–Kier alpha value is -1.26. The van der Waals surface area contributed by atoms with Gasteiger partial charge in [0.1, 0.15) is 11.5 Å². The van der Waals surface area contributed by atoms with Gasteiger partial charge in [0, 0.05) is 24.7 Å². The van der Waals surface area contributed by atoms with Crippen LogP contribution in [0.5, 0.6) is 11.5 Å². The lowest BCUT2D eigenvalue weighted by Gasteiger charge is -2.15. The molecule has 2 N–H and O–H groups in total. The molecule has 4 nitrogen and oxygen atoms in total. The number of aromatic hydroxyl groups is 1. The third-order valence-corrected chi connectivity index (χ3v) is 4.42. The van der Waals surface area contributed by atoms with Gasteiger partial charge in [0.25, 0.3) is 0 Å². The average molecular weight is 276 g/mol. The molecule has 1 saturated carbocycles. The summed E-state index contributed by atoms with van der Waals surface area (Å²) < 4.78 is 5.19. The lowest BCUT2D eigenvalue weighted by atomic mass is 10.1. The molecule has 0 amide bonds. The normalized spacial score (nSPS) is 23.1. The summed E-state index contributed by atoms with van der Waals surface area (Å²) >= 11 is 0. The Bertz CT molecular complexity index is 460. The van der Waals surface area contributed by atoms with E-state index in [9.17, 15) is 5.11 Å². The third-order valence-electron chi connectivity index (χ3n) is 4.42. The number of hydrogen-bond acceptors (Lipinski definition) is 4. The Balaban J connectivity index is 1.45. The number of hydrogen-bond donors (Lipinski definition) is 2. The number of rotatable bonds is 6. The maximum atomic E-state index is 9.84. The first kappa shape index (κ1) is 13.7. The highest BCUT2D eigenvalue weighted by atomic mass is 16.5. The van der Waals surface area contributed by atoms with Gasteiger partial charge in [-0.25, -0.2) is 0 Å². The van der Waals surface area contributed by atoms with Crippen molar-refractivity contribution in [2.45, 2.75) is 31.8 Å². The summed E-state index contributed by atoms with van der Waals surface area (Å²) in [4.78, 5) is 2.63. The van der Waals surface area contributed by atoms with Gasteiger partial charge >= 0.3 is 0 Å². The van der Waals surface area contributed by atoms with Gasteiger partial charge in [-0.15, -0.1) is 0 Å². The SMILES string of the molecule is COc1ccc(O)c(CNCC2CCN(C3CC3)C2)c1. The molecule has 2 fully saturated rings. The summed E-state index contributed by atoms with van der Waals surface area (Å²) in [5, 5.41) is 13.3. The molecule has 0 spiro atoms. The summed E-state index contributed by atoms with van der Waals surface area (Å²) in [6.45, 7) is 4.23. The van der Waals surface area contributed by atoms with E-state index in [-0.39, 0.29) is 0 Å². The van der Waals surface area contributed by atoms with Gasteiger partial charge in [0.15, 0.2) is 0 Å². The van der Waals surface area contributed by atoms with E-state index in [4.69, 9.17) is 4.74 Å². The minimum atomic E-state index is 0.337. The van der Waals surface area contributed by atoms with Crippen LogP contribution in [0.2, 0.25) is 0 Å². The van der Waals surface area contributed by atoms with Gasteiger partial charge < -0.3 is 20.1 Å². The van der Waals surface area contributed by atoms with E-state index in [0.717, 1.165) is 29.8 Å². The van der Waals surface area contributed by atoms with Crippen molar-refractivity contribution < 1.29 is 9.84 Å². The van der Waals surface area contributed by atoms with Crippen molar-refractivity contribution >= 4 is 0 Å². The van der Waals surface area contributed by atoms with E-state index in [1.54, 1.807) is 19.2 Å². The predicted molar refractivity (Wildman–Crippen MR) is 79.1 cm³/mol. The standard InChI is InChI=1S/C16H24N2O2/c1-20-15-4-5-16(19)13(8-15)10-17-9-12-6-7-18(11-12)14-2-3-14/h4-5,8,12,14,17,19H,2-3,6-7,9-11H2,1H3. The fourth-order valence-corrected chi connectivity index (χ4v) is 3.04. The number of phenols is 1. The van der Waals surface area contributed by atoms with Crippen LogP contribution in [0, 0.1) is 5.92 Å². The Kier molecular flexibility index (Phi) is 4.13. The predicted octanol–water partition coefficient (Wildman–Crippen LogP) is 1.97. The van der Waals surface area contributed by atoms with Gasteiger partial charge in [0.05, 0.1) is 7.11 Å². The van der Waals surface area contributed by atoms with Crippen LogP contribution in [-0.4, -0.2) is 42.8 Å². The minimum absolute atomic E-state index is 0.337. The summed E-state index contributed by atoms with van der Waals surface area (Å²) in [6, 6.07) is 6.26. The molecule has 1 saturated heterocycles. The zero-order chi connectivity index (χ0) is 13.9. The zero-order valence-electron chi connectivity index (χ0n) is 12.1. The molecular formula is C16H24N2O2. The number of methoxy groups -OCH3 is 1. The van der Waals surface area contributed by atoms with Gasteiger partial charge in [-0.05, 0) is 56.5 Å². The molecule has 1 aliphatic carbocycles. The number of benzene rings is 1. The maximum Gasteiger partial charge on any atom is 0.120 e. The number of phenolic OH excluding ortho intramolecular Hbond substituents is 1. The van der Waals surface area contributed by atoms with E-state index < -0.39 is 0 Å². The summed E-state index contributed by atoms with van der Waals surface area (Å²) in [5.41, 5.74) is 0.904. The van der Waals surface area contributed by atoms with Gasteiger partial charge in [-0.3, -0.25) is 0 Å². The van der Waals surface area contributed by atoms with Crippen molar-refractivity contribution in [1.29, 1.82) is 0 Å². The number of ether oxygens (including phenoxy) is 1. The van der Waals surface area contributed by atoms with Crippen LogP contribution >= 0.6 is 0 Å². The number of nitrogens with one attached hydrogen (secondary N) is 1. The van der Waals surface area contributed by atoms with Crippen LogP contribution in [0.1, 0.15) is 24.8 Å². The summed E-state index contributed by atoms with van der Waals surface area (Å²) in [6.07, 6.45) is 4.10. The van der Waals surface area contributed by atoms with Crippen LogP contribution < -0.4 is 10.1 Å². The molecule has 110 valence electrons. The third kappa shape index (κ3) is 3.25. The lowest BCUT2D eigenvalue weighted by molar-refractivity contribution is 0.311. The van der Waals surface area contributed by atoms with E-state index >= 15 is 0 Å². The quantitative estimate of drug-likeness (QED) is 0.834. The fourth-order valence-electron chi connectivity index (χ4n) is 3.04. The van der Waals surface area contributed by atoms with E-state index in [1.807, 2.05) is 6.07 Å². The molecule has 20 heavy (non-hydrogen) atoms. The average Bonchev–Trinajstić information content (AvgIpc) is 3.21. The van der Waals surface area contributed by atoms with Crippen LogP contribution in [0.15, 0.2) is 18.2 Å². The Morgan fingerprint density at radius 1 is 1.35 bits per heavy atom. The lowest BCUT2D eigenvalue weighted by Crippen LogP contribution is -2.27. The molecule has 2 aliphatic rings. The molecule has 1 heterocycles. The Labute approximate surface area is 120 Å². The largest absolute Gasteiger partial charge is 0.508 e. The van der Waals surface area contributed by atoms with Crippen LogP contribution in [-0.2, 0) is 6.54 Å². The van der Waals surface area contributed by atoms with Crippen LogP contribution in [0.25, 0.3) is 0 Å². The monoisotopic (exact) mass is 276 g/mol. The van der Waals surface area contributed by atoms with Crippen LogP contribution in [0.4, 0.5) is 0 Å². The molecule has 1 atom stereocenters. The molecular weight excluding hydrogens is 252 g/mol. The van der Waals surface area contributed by atoms with Gasteiger partial charge in [0.2, 0.25) is 0 Å². The van der Waals surface area contributed by atoms with E-state index in [1.165, 1.54) is 32.4 Å². The van der Waals surface area contributed by atoms with Crippen LogP contribution in [0.3, 0.4) is 0 Å². The van der Waals surface area contributed by atoms with Gasteiger partial charge in [-0.1, -0.05) is 0 Å². The highest BCUT2D eigenvalue weighted by molar-refractivity contribution is 5.39. The molecule has 1 aromatic carbocycles. The van der Waals surface area contributed by atoms with E-state index in [2.05, 4.69) is 10.2 Å². The van der Waals surface area contributed by atoms with Crippen molar-refractivity contribution in [3.63, 3.8) is 0 Å². The number of likely N-dealkylation sites (tertiary alicyclic amines) is 1. The first-order valence-corrected chi connectivity index (χ1v) is 7.57. The molecule has 0 aromatic heterocycles. The Morgan fingerprint density at radius 2 is 2.20 bits per heavy atom. The molecule has 1 aromatic rings. The van der Waals surface area contributed by atoms with E-state index in [0.29, 0.717) is 12.3 Å². The fraction of sp³-hybridized carbons (Fsp3) is 0.625. The highest BCUT2D eigenvalue weighted by Crippen LogP contribution is 2.31. The van der Waals surface area contributed by atoms with Crippen molar-refractivity contribution in [3.8, 4) is 11.5 Å². The van der Waals surface area contributed by atoms with Crippen molar-refractivity contribution in [2.24, 2.45) is 5.92 Å². The van der Waals surface area contributed by atoms with Gasteiger partial charge in [-0.2, -0.15) is 0 Å². The summed E-state index contributed by atoms with van der Waals surface area (Å²) in [7, 11) is 1.65. The first-order chi connectivity index (χ1) is 9.76. The molecule has 0 radical (unpaired) electrons. The number of nitrogens with zero attached hydrogens (tertiary/aromatic N) is 1. The van der Waals surface area contributed by atoms with Crippen molar-refractivity contribution in [2.75, 3.05) is 26.7 Å². The molecule has 1 unspecified atom stereocenters. The summed E-state index contributed by atoms with van der Waals surface area (Å²) in [5.74, 6) is 1.88. The molecule has 0 bridgehead atoms. The second-order valence-corrected chi connectivity index (χ2v) is 6.01. The smallest absolute Gasteiger partial charge is 0.120 e. The topological polar surface area (TPSA) is 44.7 Å². The van der Waals surface area contributed by atoms with Crippen molar-refractivity contribution in [3.05, 3.63) is 23.8 Å².